The summed E-state index contributed by atoms with van der Waals surface area (Å²) >= 11 is 5.02. The third-order valence-electron chi connectivity index (χ3n) is 4.68. The highest BCUT2D eigenvalue weighted by atomic mass is 79.9. The number of halogens is 1. The lowest BCUT2D eigenvalue weighted by molar-refractivity contribution is -0.149. The van der Waals surface area contributed by atoms with E-state index in [1.54, 1.807) is 16.2 Å². The molecule has 7 heteroatoms. The van der Waals surface area contributed by atoms with Crippen LogP contribution in [0.3, 0.4) is 0 Å². The third kappa shape index (κ3) is 2.57. The van der Waals surface area contributed by atoms with Crippen LogP contribution in [0, 0.1) is 11.3 Å². The van der Waals surface area contributed by atoms with E-state index >= 15 is 0 Å². The van der Waals surface area contributed by atoms with E-state index in [1.807, 2.05) is 11.4 Å². The predicted molar refractivity (Wildman–Crippen MR) is 83.2 cm³/mol. The number of hydrogen-bond donors (Lipinski definition) is 2. The van der Waals surface area contributed by atoms with Gasteiger partial charge in [0.25, 0.3) is 0 Å². The van der Waals surface area contributed by atoms with Crippen molar-refractivity contribution in [3.63, 3.8) is 0 Å². The minimum absolute atomic E-state index is 0.106. The average molecular weight is 373 g/mol. The number of fused-ring (bicyclic) bond motifs is 1. The maximum Gasteiger partial charge on any atom is 0.317 e. The molecule has 21 heavy (non-hydrogen) atoms. The summed E-state index contributed by atoms with van der Waals surface area (Å²) in [4.78, 5) is 26.6. The minimum atomic E-state index is -0.749. The van der Waals surface area contributed by atoms with Crippen LogP contribution in [0.15, 0.2) is 15.9 Å². The van der Waals surface area contributed by atoms with Crippen LogP contribution in [0.25, 0.3) is 0 Å². The number of nitrogens with one attached hydrogen (secondary N) is 1. The molecule has 0 spiro atoms. The fraction of sp³-hybridized carbons (Fsp3) is 0.571. The standard InChI is InChI=1S/C14H17BrN2O3S/c15-10-3-5-21-11(10)6-16-13(20)17-7-9-2-1-4-14(9,8-17)12(18)19/h3,5,9H,1-2,4,6-8H2,(H,16,20)(H,18,19)/t9-,14+/m0/s1. The highest BCUT2D eigenvalue weighted by Gasteiger charge is 2.55. The van der Waals surface area contributed by atoms with Crippen molar-refractivity contribution in [1.29, 1.82) is 0 Å². The number of urea groups is 1. The molecule has 1 aromatic rings. The number of aliphatic carboxylic acids is 1. The van der Waals surface area contributed by atoms with Crippen LogP contribution in [0.5, 0.6) is 0 Å². The summed E-state index contributed by atoms with van der Waals surface area (Å²) in [7, 11) is 0. The summed E-state index contributed by atoms with van der Waals surface area (Å²) < 4.78 is 0.994. The van der Waals surface area contributed by atoms with Gasteiger partial charge in [-0.15, -0.1) is 11.3 Å². The molecule has 2 amide bonds. The maximum atomic E-state index is 12.3. The monoisotopic (exact) mass is 372 g/mol. The first-order valence-electron chi connectivity index (χ1n) is 7.01. The molecule has 2 aliphatic rings. The van der Waals surface area contributed by atoms with E-state index in [1.165, 1.54) is 0 Å². The number of carboxylic acids is 1. The van der Waals surface area contributed by atoms with Gasteiger partial charge in [0.1, 0.15) is 0 Å². The normalized spacial score (nSPS) is 27.7. The van der Waals surface area contributed by atoms with Crippen LogP contribution in [-0.2, 0) is 11.3 Å². The second kappa shape index (κ2) is 5.61. The van der Waals surface area contributed by atoms with Crippen LogP contribution in [0.4, 0.5) is 4.79 Å². The van der Waals surface area contributed by atoms with Crippen molar-refractivity contribution in [3.05, 3.63) is 20.8 Å². The fourth-order valence-corrected chi connectivity index (χ4v) is 4.94. The molecule has 2 heterocycles. The zero-order valence-corrected chi connectivity index (χ0v) is 13.9. The Bertz CT molecular complexity index is 576. The topological polar surface area (TPSA) is 69.6 Å². The highest BCUT2D eigenvalue weighted by Crippen LogP contribution is 2.48. The average Bonchev–Trinajstić information content (AvgIpc) is 3.09. The number of hydrogen-bond acceptors (Lipinski definition) is 3. The summed E-state index contributed by atoms with van der Waals surface area (Å²) in [6.07, 6.45) is 2.55. The van der Waals surface area contributed by atoms with Gasteiger partial charge in [-0.3, -0.25) is 4.79 Å². The molecule has 2 N–H and O–H groups in total. The summed E-state index contributed by atoms with van der Waals surface area (Å²) in [5.74, 6) is -0.643. The fourth-order valence-electron chi connectivity index (χ4n) is 3.51. The first-order valence-corrected chi connectivity index (χ1v) is 8.68. The molecule has 2 atom stereocenters. The predicted octanol–water partition coefficient (Wildman–Crippen LogP) is 2.91. The zero-order valence-electron chi connectivity index (χ0n) is 11.5. The summed E-state index contributed by atoms with van der Waals surface area (Å²) in [6.45, 7) is 1.37. The Labute approximate surface area is 135 Å². The molecular weight excluding hydrogens is 356 g/mol. The van der Waals surface area contributed by atoms with Gasteiger partial charge in [0, 0.05) is 22.4 Å². The van der Waals surface area contributed by atoms with Crippen LogP contribution in [0.2, 0.25) is 0 Å². The van der Waals surface area contributed by atoms with Crippen LogP contribution < -0.4 is 5.32 Å². The van der Waals surface area contributed by atoms with Gasteiger partial charge in [0.2, 0.25) is 0 Å². The van der Waals surface area contributed by atoms with Gasteiger partial charge in [-0.1, -0.05) is 6.42 Å². The van der Waals surface area contributed by atoms with E-state index in [0.717, 1.165) is 22.2 Å². The molecule has 114 valence electrons. The van der Waals surface area contributed by atoms with Crippen molar-refractivity contribution < 1.29 is 14.7 Å². The van der Waals surface area contributed by atoms with Crippen molar-refractivity contribution in [1.82, 2.24) is 10.2 Å². The molecule has 0 radical (unpaired) electrons. The number of carbonyl (C=O) groups is 2. The number of carbonyl (C=O) groups excluding carboxylic acids is 1. The molecular formula is C14H17BrN2O3S. The van der Waals surface area contributed by atoms with Crippen LogP contribution in [0.1, 0.15) is 24.1 Å². The molecule has 0 bridgehead atoms. The quantitative estimate of drug-likeness (QED) is 0.856. The molecule has 1 aliphatic carbocycles. The first kappa shape index (κ1) is 14.8. The molecule has 3 rings (SSSR count). The summed E-state index contributed by atoms with van der Waals surface area (Å²) in [5.41, 5.74) is -0.707. The van der Waals surface area contributed by atoms with Gasteiger partial charge in [-0.05, 0) is 46.1 Å². The van der Waals surface area contributed by atoms with Crippen LogP contribution in [-0.4, -0.2) is 35.1 Å². The lowest BCUT2D eigenvalue weighted by Gasteiger charge is -2.23. The molecule has 5 nitrogen and oxygen atoms in total. The minimum Gasteiger partial charge on any atom is -0.481 e. The number of amides is 2. The van der Waals surface area contributed by atoms with E-state index in [-0.39, 0.29) is 11.9 Å². The molecule has 1 saturated carbocycles. The SMILES string of the molecule is O=C(NCc1sccc1Br)N1C[C@@H]2CCC[C@@]2(C(=O)O)C1. The van der Waals surface area contributed by atoms with Gasteiger partial charge in [-0.25, -0.2) is 4.79 Å². The molecule has 1 aliphatic heterocycles. The van der Waals surface area contributed by atoms with Gasteiger partial charge < -0.3 is 15.3 Å². The first-order chi connectivity index (χ1) is 10.0. The molecule has 1 saturated heterocycles. The number of carboxylic acid groups (broad SMARTS) is 1. The van der Waals surface area contributed by atoms with Gasteiger partial charge in [-0.2, -0.15) is 0 Å². The Morgan fingerprint density at radius 3 is 3.00 bits per heavy atom. The lowest BCUT2D eigenvalue weighted by Crippen LogP contribution is -2.41. The second-order valence-electron chi connectivity index (χ2n) is 5.78. The second-order valence-corrected chi connectivity index (χ2v) is 7.64. The van der Waals surface area contributed by atoms with Crippen molar-refractivity contribution in [3.8, 4) is 0 Å². The molecule has 1 aromatic heterocycles. The number of rotatable bonds is 3. The van der Waals surface area contributed by atoms with E-state index in [9.17, 15) is 14.7 Å². The Hall–Kier alpha value is -1.08. The smallest absolute Gasteiger partial charge is 0.317 e. The number of thiophene rings is 1. The van der Waals surface area contributed by atoms with Crippen molar-refractivity contribution in [2.45, 2.75) is 25.8 Å². The number of likely N-dealkylation sites (tertiary alicyclic amines) is 1. The van der Waals surface area contributed by atoms with Crippen molar-refractivity contribution >= 4 is 39.3 Å². The zero-order chi connectivity index (χ0) is 15.0. The maximum absolute atomic E-state index is 12.3. The highest BCUT2D eigenvalue weighted by molar-refractivity contribution is 9.10. The van der Waals surface area contributed by atoms with Crippen LogP contribution >= 0.6 is 27.3 Å². The Kier molecular flexibility index (Phi) is 3.96. The lowest BCUT2D eigenvalue weighted by atomic mass is 9.81. The van der Waals surface area contributed by atoms with Gasteiger partial charge in [0.05, 0.1) is 12.0 Å². The van der Waals surface area contributed by atoms with E-state index in [2.05, 4.69) is 21.2 Å². The molecule has 2 fully saturated rings. The molecule has 0 aromatic carbocycles. The van der Waals surface area contributed by atoms with Gasteiger partial charge in [0.15, 0.2) is 0 Å². The summed E-state index contributed by atoms with van der Waals surface area (Å²) in [6, 6.07) is 1.79. The Morgan fingerprint density at radius 1 is 1.57 bits per heavy atom. The third-order valence-corrected chi connectivity index (χ3v) is 6.60. The Balaban J connectivity index is 1.62. The summed E-state index contributed by atoms with van der Waals surface area (Å²) in [5, 5.41) is 14.4. The van der Waals surface area contributed by atoms with Crippen molar-refractivity contribution in [2.24, 2.45) is 11.3 Å². The van der Waals surface area contributed by atoms with E-state index in [0.29, 0.717) is 26.1 Å². The number of nitrogens with zero attached hydrogens (tertiary/aromatic N) is 1. The molecule has 0 unspecified atom stereocenters. The Morgan fingerprint density at radius 2 is 2.38 bits per heavy atom. The van der Waals surface area contributed by atoms with E-state index in [4.69, 9.17) is 0 Å². The van der Waals surface area contributed by atoms with Crippen molar-refractivity contribution in [2.75, 3.05) is 13.1 Å². The van der Waals surface area contributed by atoms with Gasteiger partial charge >= 0.3 is 12.0 Å². The van der Waals surface area contributed by atoms with E-state index < -0.39 is 11.4 Å². The largest absolute Gasteiger partial charge is 0.481 e.